The third-order valence-electron chi connectivity index (χ3n) is 3.58. The molecule has 0 radical (unpaired) electrons. The monoisotopic (exact) mass is 247 g/mol. The predicted octanol–water partition coefficient (Wildman–Crippen LogP) is -0.684. The fourth-order valence-electron chi connectivity index (χ4n) is 2.48. The van der Waals surface area contributed by atoms with Gasteiger partial charge in [-0.15, -0.1) is 0 Å². The van der Waals surface area contributed by atoms with Crippen molar-refractivity contribution in [2.75, 3.05) is 45.0 Å². The molecule has 0 saturated carbocycles. The van der Waals surface area contributed by atoms with E-state index in [0.717, 1.165) is 26.2 Å². The Morgan fingerprint density at radius 3 is 2.44 bits per heavy atom. The molecule has 0 aromatic carbocycles. The second-order valence-corrected chi connectivity index (χ2v) is 6.74. The van der Waals surface area contributed by atoms with E-state index >= 15 is 0 Å². The fourth-order valence-corrected chi connectivity index (χ4v) is 3.57. The average molecular weight is 247 g/mol. The molecule has 1 N–H and O–H groups in total. The molecular weight excluding hydrogens is 226 g/mol. The van der Waals surface area contributed by atoms with E-state index in [0.29, 0.717) is 19.1 Å². The Morgan fingerprint density at radius 2 is 1.94 bits per heavy atom. The zero-order chi connectivity index (χ0) is 11.6. The standard InChI is InChI=1S/C10H21N3O2S/c1-2-16(14,15)13-7-5-12(6-8-13)10-3-4-11-9-10/h10-11H,2-9H2,1H3. The SMILES string of the molecule is CCS(=O)(=O)N1CCN(C2CCNC2)CC1. The molecule has 1 atom stereocenters. The van der Waals surface area contributed by atoms with Crippen LogP contribution in [0.3, 0.4) is 0 Å². The summed E-state index contributed by atoms with van der Waals surface area (Å²) in [5.74, 6) is 0.220. The van der Waals surface area contributed by atoms with Crippen LogP contribution in [0.5, 0.6) is 0 Å². The Balaban J connectivity index is 1.87. The molecule has 2 fully saturated rings. The summed E-state index contributed by atoms with van der Waals surface area (Å²) in [6.07, 6.45) is 1.19. The molecule has 5 nitrogen and oxygen atoms in total. The predicted molar refractivity (Wildman–Crippen MR) is 63.9 cm³/mol. The summed E-state index contributed by atoms with van der Waals surface area (Å²) < 4.78 is 25.0. The first-order valence-electron chi connectivity index (χ1n) is 6.06. The van der Waals surface area contributed by atoms with Gasteiger partial charge in [0.2, 0.25) is 10.0 Å². The Kier molecular flexibility index (Phi) is 3.84. The Labute approximate surface area is 97.8 Å². The Morgan fingerprint density at radius 1 is 1.25 bits per heavy atom. The van der Waals surface area contributed by atoms with Gasteiger partial charge in [-0.3, -0.25) is 4.90 Å². The first-order valence-corrected chi connectivity index (χ1v) is 7.67. The summed E-state index contributed by atoms with van der Waals surface area (Å²) in [7, 11) is -2.98. The van der Waals surface area contributed by atoms with Crippen LogP contribution in [-0.2, 0) is 10.0 Å². The van der Waals surface area contributed by atoms with Crippen LogP contribution < -0.4 is 5.32 Å². The van der Waals surface area contributed by atoms with Gasteiger partial charge in [0.25, 0.3) is 0 Å². The molecule has 94 valence electrons. The van der Waals surface area contributed by atoms with E-state index in [1.165, 1.54) is 6.42 Å². The molecule has 0 spiro atoms. The lowest BCUT2D eigenvalue weighted by Gasteiger charge is -2.36. The van der Waals surface area contributed by atoms with E-state index in [9.17, 15) is 8.42 Å². The maximum Gasteiger partial charge on any atom is 0.213 e. The van der Waals surface area contributed by atoms with Gasteiger partial charge >= 0.3 is 0 Å². The van der Waals surface area contributed by atoms with Gasteiger partial charge in [-0.2, -0.15) is 4.31 Å². The van der Waals surface area contributed by atoms with Crippen LogP contribution in [0.15, 0.2) is 0 Å². The van der Waals surface area contributed by atoms with E-state index in [2.05, 4.69) is 10.2 Å². The molecule has 6 heteroatoms. The van der Waals surface area contributed by atoms with Crippen molar-refractivity contribution in [3.63, 3.8) is 0 Å². The van der Waals surface area contributed by atoms with Gasteiger partial charge in [0.1, 0.15) is 0 Å². The molecule has 2 aliphatic heterocycles. The highest BCUT2D eigenvalue weighted by Gasteiger charge is 2.29. The average Bonchev–Trinajstić information content (AvgIpc) is 2.83. The lowest BCUT2D eigenvalue weighted by atomic mass is 10.2. The molecule has 2 saturated heterocycles. The number of rotatable bonds is 3. The van der Waals surface area contributed by atoms with Gasteiger partial charge in [-0.25, -0.2) is 8.42 Å². The number of hydrogen-bond donors (Lipinski definition) is 1. The maximum atomic E-state index is 11.7. The van der Waals surface area contributed by atoms with E-state index < -0.39 is 10.0 Å². The minimum absolute atomic E-state index is 0.220. The number of hydrogen-bond acceptors (Lipinski definition) is 4. The van der Waals surface area contributed by atoms with Crippen molar-refractivity contribution in [2.45, 2.75) is 19.4 Å². The van der Waals surface area contributed by atoms with Crippen LogP contribution >= 0.6 is 0 Å². The largest absolute Gasteiger partial charge is 0.315 e. The number of sulfonamides is 1. The van der Waals surface area contributed by atoms with Crippen LogP contribution in [0.25, 0.3) is 0 Å². The zero-order valence-electron chi connectivity index (χ0n) is 9.85. The Hall–Kier alpha value is -0.170. The summed E-state index contributed by atoms with van der Waals surface area (Å²) in [6, 6.07) is 0.617. The first-order chi connectivity index (χ1) is 7.63. The zero-order valence-corrected chi connectivity index (χ0v) is 10.7. The Bertz CT molecular complexity index is 317. The number of nitrogens with one attached hydrogen (secondary N) is 1. The van der Waals surface area contributed by atoms with E-state index in [4.69, 9.17) is 0 Å². The van der Waals surface area contributed by atoms with Gasteiger partial charge in [0.05, 0.1) is 5.75 Å². The molecule has 0 aliphatic carbocycles. The van der Waals surface area contributed by atoms with Crippen LogP contribution in [-0.4, -0.2) is 68.7 Å². The first kappa shape index (κ1) is 12.3. The van der Waals surface area contributed by atoms with Crippen LogP contribution in [0, 0.1) is 0 Å². The summed E-state index contributed by atoms with van der Waals surface area (Å²) in [5, 5.41) is 3.35. The van der Waals surface area contributed by atoms with Crippen LogP contribution in [0.4, 0.5) is 0 Å². The minimum atomic E-state index is -2.98. The van der Waals surface area contributed by atoms with E-state index in [-0.39, 0.29) is 5.75 Å². The summed E-state index contributed by atoms with van der Waals surface area (Å²) in [6.45, 7) is 6.94. The van der Waals surface area contributed by atoms with Crippen molar-refractivity contribution >= 4 is 10.0 Å². The fraction of sp³-hybridized carbons (Fsp3) is 1.00. The van der Waals surface area contributed by atoms with Gasteiger partial charge in [0, 0.05) is 38.8 Å². The van der Waals surface area contributed by atoms with Gasteiger partial charge < -0.3 is 5.32 Å². The van der Waals surface area contributed by atoms with Crippen molar-refractivity contribution in [3.05, 3.63) is 0 Å². The van der Waals surface area contributed by atoms with Gasteiger partial charge in [0.15, 0.2) is 0 Å². The van der Waals surface area contributed by atoms with Crippen molar-refractivity contribution in [1.82, 2.24) is 14.5 Å². The molecular formula is C10H21N3O2S. The topological polar surface area (TPSA) is 52.7 Å². The molecule has 0 aromatic heterocycles. The van der Waals surface area contributed by atoms with Gasteiger partial charge in [-0.1, -0.05) is 0 Å². The second-order valence-electron chi connectivity index (χ2n) is 4.48. The molecule has 2 aliphatic rings. The van der Waals surface area contributed by atoms with Crippen LogP contribution in [0.2, 0.25) is 0 Å². The summed E-state index contributed by atoms with van der Waals surface area (Å²) >= 11 is 0. The maximum absolute atomic E-state index is 11.7. The molecule has 1 unspecified atom stereocenters. The second kappa shape index (κ2) is 5.00. The molecule has 0 bridgehead atoms. The highest BCUT2D eigenvalue weighted by atomic mass is 32.2. The quantitative estimate of drug-likeness (QED) is 0.718. The third kappa shape index (κ3) is 2.56. The lowest BCUT2D eigenvalue weighted by Crippen LogP contribution is -2.52. The van der Waals surface area contributed by atoms with Crippen molar-refractivity contribution in [1.29, 1.82) is 0 Å². The third-order valence-corrected chi connectivity index (χ3v) is 5.46. The van der Waals surface area contributed by atoms with Gasteiger partial charge in [-0.05, 0) is 19.9 Å². The molecule has 0 aromatic rings. The summed E-state index contributed by atoms with van der Waals surface area (Å²) in [4.78, 5) is 2.42. The minimum Gasteiger partial charge on any atom is -0.315 e. The molecule has 2 rings (SSSR count). The number of nitrogens with zero attached hydrogens (tertiary/aromatic N) is 2. The van der Waals surface area contributed by atoms with Crippen molar-refractivity contribution in [2.24, 2.45) is 0 Å². The van der Waals surface area contributed by atoms with Crippen molar-refractivity contribution in [3.8, 4) is 0 Å². The molecule has 2 heterocycles. The smallest absolute Gasteiger partial charge is 0.213 e. The van der Waals surface area contributed by atoms with E-state index in [1.54, 1.807) is 11.2 Å². The number of piperazine rings is 1. The van der Waals surface area contributed by atoms with E-state index in [1.807, 2.05) is 0 Å². The summed E-state index contributed by atoms with van der Waals surface area (Å²) in [5.41, 5.74) is 0. The lowest BCUT2D eigenvalue weighted by molar-refractivity contribution is 0.145. The van der Waals surface area contributed by atoms with Crippen LogP contribution in [0.1, 0.15) is 13.3 Å². The normalized spacial score (nSPS) is 29.7. The molecule has 0 amide bonds. The highest BCUT2D eigenvalue weighted by molar-refractivity contribution is 7.89. The van der Waals surface area contributed by atoms with Crippen molar-refractivity contribution < 1.29 is 8.42 Å². The molecule has 16 heavy (non-hydrogen) atoms. The highest BCUT2D eigenvalue weighted by Crippen LogP contribution is 2.14.